The minimum Gasteiger partial charge on any atom is -0.494 e. The van der Waals surface area contributed by atoms with E-state index in [0.29, 0.717) is 29.2 Å². The van der Waals surface area contributed by atoms with Crippen LogP contribution in [0, 0.1) is 0 Å². The molecule has 0 aliphatic heterocycles. The predicted molar refractivity (Wildman–Crippen MR) is 85.0 cm³/mol. The highest BCUT2D eigenvalue weighted by Gasteiger charge is 2.10. The number of hydrogen-bond donors (Lipinski definition) is 0. The fraction of sp³-hybridized carbons (Fsp3) is 0.222. The lowest BCUT2D eigenvalue weighted by Crippen LogP contribution is -2.09. The maximum atomic E-state index is 12.1. The van der Waals surface area contributed by atoms with Crippen molar-refractivity contribution in [2.75, 3.05) is 13.7 Å². The van der Waals surface area contributed by atoms with E-state index in [4.69, 9.17) is 9.47 Å². The molecule has 0 unspecified atom stereocenters. The first-order valence-corrected chi connectivity index (χ1v) is 7.27. The van der Waals surface area contributed by atoms with E-state index in [-0.39, 0.29) is 0 Å². The van der Waals surface area contributed by atoms with Crippen molar-refractivity contribution in [2.24, 2.45) is 0 Å². The zero-order chi connectivity index (χ0) is 16.7. The number of benzene rings is 2. The lowest BCUT2D eigenvalue weighted by Gasteiger charge is -2.07. The summed E-state index contributed by atoms with van der Waals surface area (Å²) in [5.41, 5.74) is 0.815. The minimum absolute atomic E-state index is 0.356. The molecule has 0 bridgehead atoms. The largest absolute Gasteiger partial charge is 0.494 e. The van der Waals surface area contributed by atoms with Gasteiger partial charge >= 0.3 is 11.9 Å². The van der Waals surface area contributed by atoms with Crippen LogP contribution in [0.25, 0.3) is 0 Å². The van der Waals surface area contributed by atoms with Gasteiger partial charge in [0.25, 0.3) is 0 Å². The summed E-state index contributed by atoms with van der Waals surface area (Å²) in [7, 11) is 1.31. The van der Waals surface area contributed by atoms with E-state index in [9.17, 15) is 9.59 Å². The maximum Gasteiger partial charge on any atom is 0.343 e. The number of carbonyl (C=O) groups is 2. The molecule has 0 saturated heterocycles. The third-order valence-electron chi connectivity index (χ3n) is 3.05. The summed E-state index contributed by atoms with van der Waals surface area (Å²) in [6.45, 7) is 2.66. The van der Waals surface area contributed by atoms with E-state index in [1.807, 2.05) is 6.92 Å². The molecule has 0 atom stereocenters. The van der Waals surface area contributed by atoms with Gasteiger partial charge in [-0.05, 0) is 55.0 Å². The molecule has 2 aromatic carbocycles. The number of methoxy groups -OCH3 is 1. The monoisotopic (exact) mass is 314 g/mol. The van der Waals surface area contributed by atoms with Gasteiger partial charge in [0.15, 0.2) is 0 Å². The molecule has 23 heavy (non-hydrogen) atoms. The fourth-order valence-electron chi connectivity index (χ4n) is 1.85. The molecule has 0 fully saturated rings. The summed E-state index contributed by atoms with van der Waals surface area (Å²) < 4.78 is 15.3. The van der Waals surface area contributed by atoms with Crippen LogP contribution in [0.4, 0.5) is 0 Å². The Kier molecular flexibility index (Phi) is 5.74. The van der Waals surface area contributed by atoms with E-state index >= 15 is 0 Å². The second-order valence-corrected chi connectivity index (χ2v) is 4.78. The number of hydrogen-bond acceptors (Lipinski definition) is 5. The van der Waals surface area contributed by atoms with Crippen molar-refractivity contribution < 1.29 is 23.8 Å². The molecule has 0 radical (unpaired) electrons. The molecule has 0 aliphatic rings. The molecule has 5 nitrogen and oxygen atoms in total. The smallest absolute Gasteiger partial charge is 0.343 e. The van der Waals surface area contributed by atoms with Crippen LogP contribution in [0.2, 0.25) is 0 Å². The fourth-order valence-corrected chi connectivity index (χ4v) is 1.85. The third kappa shape index (κ3) is 4.57. The van der Waals surface area contributed by atoms with Crippen LogP contribution >= 0.6 is 0 Å². The van der Waals surface area contributed by atoms with Gasteiger partial charge in [-0.2, -0.15) is 0 Å². The Labute approximate surface area is 134 Å². The molecule has 0 aromatic heterocycles. The van der Waals surface area contributed by atoms with E-state index in [0.717, 1.165) is 6.42 Å². The average Bonchev–Trinajstić information content (AvgIpc) is 2.60. The van der Waals surface area contributed by atoms with Crippen molar-refractivity contribution in [3.8, 4) is 11.5 Å². The summed E-state index contributed by atoms with van der Waals surface area (Å²) in [5.74, 6) is 0.156. The molecule has 2 rings (SSSR count). The zero-order valence-corrected chi connectivity index (χ0v) is 13.1. The standard InChI is InChI=1S/C18H18O5/c1-3-12-22-15-8-4-14(5-9-15)18(20)23-16-10-6-13(7-11-16)17(19)21-2/h4-11H,3,12H2,1-2H3. The van der Waals surface area contributed by atoms with Crippen molar-refractivity contribution in [2.45, 2.75) is 13.3 Å². The summed E-state index contributed by atoms with van der Waals surface area (Å²) in [6.07, 6.45) is 0.922. The zero-order valence-electron chi connectivity index (χ0n) is 13.1. The highest BCUT2D eigenvalue weighted by Crippen LogP contribution is 2.17. The Morgan fingerprint density at radius 2 is 1.35 bits per heavy atom. The van der Waals surface area contributed by atoms with Crippen LogP contribution in [-0.4, -0.2) is 25.7 Å². The van der Waals surface area contributed by atoms with Crippen molar-refractivity contribution in [1.82, 2.24) is 0 Å². The van der Waals surface area contributed by atoms with Crippen molar-refractivity contribution in [3.05, 3.63) is 59.7 Å². The molecule has 2 aromatic rings. The normalized spacial score (nSPS) is 10.0. The molecule has 0 amide bonds. The number of esters is 2. The SMILES string of the molecule is CCCOc1ccc(C(=O)Oc2ccc(C(=O)OC)cc2)cc1. The van der Waals surface area contributed by atoms with Gasteiger partial charge in [0, 0.05) is 0 Å². The number of carbonyl (C=O) groups excluding carboxylic acids is 2. The van der Waals surface area contributed by atoms with E-state index < -0.39 is 11.9 Å². The van der Waals surface area contributed by atoms with Crippen LogP contribution in [0.15, 0.2) is 48.5 Å². The molecule has 120 valence electrons. The maximum absolute atomic E-state index is 12.1. The Bertz CT molecular complexity index is 659. The van der Waals surface area contributed by atoms with Crippen LogP contribution in [0.1, 0.15) is 34.1 Å². The van der Waals surface area contributed by atoms with E-state index in [1.165, 1.54) is 19.2 Å². The highest BCUT2D eigenvalue weighted by molar-refractivity contribution is 5.92. The number of ether oxygens (including phenoxy) is 3. The lowest BCUT2D eigenvalue weighted by atomic mass is 10.2. The van der Waals surface area contributed by atoms with Crippen molar-refractivity contribution >= 4 is 11.9 Å². The second-order valence-electron chi connectivity index (χ2n) is 4.78. The van der Waals surface area contributed by atoms with Gasteiger partial charge in [-0.15, -0.1) is 0 Å². The van der Waals surface area contributed by atoms with Crippen molar-refractivity contribution in [1.29, 1.82) is 0 Å². The van der Waals surface area contributed by atoms with Gasteiger partial charge < -0.3 is 14.2 Å². The molecular weight excluding hydrogens is 296 g/mol. The first-order chi connectivity index (χ1) is 11.1. The molecule has 0 aliphatic carbocycles. The molecule has 5 heteroatoms. The van der Waals surface area contributed by atoms with Gasteiger partial charge in [0.2, 0.25) is 0 Å². The van der Waals surface area contributed by atoms with E-state index in [1.54, 1.807) is 36.4 Å². The van der Waals surface area contributed by atoms with Crippen LogP contribution < -0.4 is 9.47 Å². The second kappa shape index (κ2) is 7.98. The van der Waals surface area contributed by atoms with Crippen LogP contribution in [0.5, 0.6) is 11.5 Å². The minimum atomic E-state index is -0.474. The Morgan fingerprint density at radius 1 is 0.826 bits per heavy atom. The quantitative estimate of drug-likeness (QED) is 0.603. The summed E-state index contributed by atoms with van der Waals surface area (Å²) in [4.78, 5) is 23.4. The first-order valence-electron chi connectivity index (χ1n) is 7.27. The molecule has 0 N–H and O–H groups in total. The van der Waals surface area contributed by atoms with Crippen LogP contribution in [0.3, 0.4) is 0 Å². The topological polar surface area (TPSA) is 61.8 Å². The van der Waals surface area contributed by atoms with Gasteiger partial charge in [-0.3, -0.25) is 0 Å². The van der Waals surface area contributed by atoms with Gasteiger partial charge in [-0.25, -0.2) is 9.59 Å². The van der Waals surface area contributed by atoms with Gasteiger partial charge in [0.05, 0.1) is 24.8 Å². The first kappa shape index (κ1) is 16.5. The van der Waals surface area contributed by atoms with Gasteiger partial charge in [-0.1, -0.05) is 6.92 Å². The number of rotatable bonds is 6. The Morgan fingerprint density at radius 3 is 1.87 bits per heavy atom. The summed E-state index contributed by atoms with van der Waals surface area (Å²) >= 11 is 0. The predicted octanol–water partition coefficient (Wildman–Crippen LogP) is 3.48. The van der Waals surface area contributed by atoms with Gasteiger partial charge in [0.1, 0.15) is 11.5 Å². The highest BCUT2D eigenvalue weighted by atomic mass is 16.5. The van der Waals surface area contributed by atoms with E-state index in [2.05, 4.69) is 4.74 Å². The lowest BCUT2D eigenvalue weighted by molar-refractivity contribution is 0.0600. The van der Waals surface area contributed by atoms with Crippen LogP contribution in [-0.2, 0) is 4.74 Å². The summed E-state index contributed by atoms with van der Waals surface area (Å²) in [6, 6.07) is 12.9. The Balaban J connectivity index is 1.99. The Hall–Kier alpha value is -2.82. The molecule has 0 heterocycles. The molecule has 0 spiro atoms. The van der Waals surface area contributed by atoms with Crippen molar-refractivity contribution in [3.63, 3.8) is 0 Å². The summed E-state index contributed by atoms with van der Waals surface area (Å²) in [5, 5.41) is 0. The molecular formula is C18H18O5. The molecule has 0 saturated carbocycles. The third-order valence-corrected chi connectivity index (χ3v) is 3.05. The average molecular weight is 314 g/mol.